The minimum Gasteiger partial charge on any atom is -0.373 e. The largest absolute Gasteiger partial charge is 0.373 e. The Labute approximate surface area is 124 Å². The van der Waals surface area contributed by atoms with Crippen LogP contribution in [-0.4, -0.2) is 41.9 Å². The Balaban J connectivity index is 1.51. The minimum atomic E-state index is -0.173. The van der Waals surface area contributed by atoms with E-state index in [1.807, 2.05) is 23.1 Å². The smallest absolute Gasteiger partial charge is 0.243 e. The summed E-state index contributed by atoms with van der Waals surface area (Å²) < 4.78 is 0. The normalized spacial score (nSPS) is 21.6. The molecule has 3 rings (SSSR count). The van der Waals surface area contributed by atoms with Gasteiger partial charge in [-0.05, 0) is 24.5 Å². The maximum absolute atomic E-state index is 12.3. The number of piperidine rings is 1. The van der Waals surface area contributed by atoms with Gasteiger partial charge in [0.05, 0.1) is 0 Å². The summed E-state index contributed by atoms with van der Waals surface area (Å²) in [6, 6.07) is 8.04. The van der Waals surface area contributed by atoms with Crippen molar-refractivity contribution in [1.29, 1.82) is 0 Å². The second kappa shape index (κ2) is 5.76. The highest BCUT2D eigenvalue weighted by Crippen LogP contribution is 2.25. The quantitative estimate of drug-likeness (QED) is 0.858. The third kappa shape index (κ3) is 3.01. The number of nitrogens with one attached hydrogen (secondary N) is 2. The molecule has 2 N–H and O–H groups in total. The molecule has 21 heavy (non-hydrogen) atoms. The number of fused-ring (bicyclic) bond motifs is 1. The molecule has 2 aliphatic rings. The van der Waals surface area contributed by atoms with Crippen LogP contribution < -0.4 is 10.6 Å². The molecule has 0 saturated carbocycles. The average Bonchev–Trinajstić information content (AvgIpc) is 2.92. The standard InChI is InChI=1S/C16H21N3O2/c1-11(20)19-8-6-13(7-9-19)17-16(21)15-10-12-4-2-3-5-14(12)18-15/h2-5,13,15,18H,6-10H2,1H3,(H,17,21)/t15-/m0/s1. The highest BCUT2D eigenvalue weighted by Gasteiger charge is 2.29. The zero-order chi connectivity index (χ0) is 14.8. The van der Waals surface area contributed by atoms with Gasteiger partial charge in [0.1, 0.15) is 6.04 Å². The van der Waals surface area contributed by atoms with Crippen molar-refractivity contribution in [2.75, 3.05) is 18.4 Å². The van der Waals surface area contributed by atoms with Crippen LogP contribution in [0.4, 0.5) is 5.69 Å². The van der Waals surface area contributed by atoms with Crippen LogP contribution in [0.5, 0.6) is 0 Å². The van der Waals surface area contributed by atoms with Crippen molar-refractivity contribution in [3.05, 3.63) is 29.8 Å². The first kappa shape index (κ1) is 13.9. The van der Waals surface area contributed by atoms with E-state index in [9.17, 15) is 9.59 Å². The van der Waals surface area contributed by atoms with Gasteiger partial charge in [-0.2, -0.15) is 0 Å². The van der Waals surface area contributed by atoms with Crippen molar-refractivity contribution in [2.24, 2.45) is 0 Å². The Morgan fingerprint density at radius 1 is 1.24 bits per heavy atom. The van der Waals surface area contributed by atoms with E-state index < -0.39 is 0 Å². The minimum absolute atomic E-state index is 0.0625. The number of anilines is 1. The molecule has 0 aliphatic carbocycles. The van der Waals surface area contributed by atoms with E-state index in [0.29, 0.717) is 0 Å². The van der Waals surface area contributed by atoms with E-state index in [1.54, 1.807) is 6.92 Å². The van der Waals surface area contributed by atoms with E-state index in [2.05, 4.69) is 16.7 Å². The number of hydrogen-bond donors (Lipinski definition) is 2. The van der Waals surface area contributed by atoms with Crippen molar-refractivity contribution in [3.63, 3.8) is 0 Å². The number of nitrogens with zero attached hydrogens (tertiary/aromatic N) is 1. The van der Waals surface area contributed by atoms with Crippen LogP contribution in [0.25, 0.3) is 0 Å². The fourth-order valence-corrected chi connectivity index (χ4v) is 3.10. The first-order chi connectivity index (χ1) is 10.1. The molecular weight excluding hydrogens is 266 g/mol. The van der Waals surface area contributed by atoms with Gasteiger partial charge in [0.15, 0.2) is 0 Å². The predicted molar refractivity (Wildman–Crippen MR) is 81.0 cm³/mol. The predicted octanol–water partition coefficient (Wildman–Crippen LogP) is 1.15. The van der Waals surface area contributed by atoms with Crippen molar-refractivity contribution in [1.82, 2.24) is 10.2 Å². The lowest BCUT2D eigenvalue weighted by Crippen LogP contribution is -2.49. The van der Waals surface area contributed by atoms with Gasteiger partial charge in [-0.1, -0.05) is 18.2 Å². The molecule has 2 heterocycles. The van der Waals surface area contributed by atoms with Crippen LogP contribution in [0.2, 0.25) is 0 Å². The lowest BCUT2D eigenvalue weighted by atomic mass is 10.0. The van der Waals surface area contributed by atoms with Gasteiger partial charge in [-0.25, -0.2) is 0 Å². The Kier molecular flexibility index (Phi) is 3.82. The van der Waals surface area contributed by atoms with Gasteiger partial charge < -0.3 is 15.5 Å². The summed E-state index contributed by atoms with van der Waals surface area (Å²) in [6.07, 6.45) is 2.42. The average molecular weight is 287 g/mol. The fraction of sp³-hybridized carbons (Fsp3) is 0.500. The van der Waals surface area contributed by atoms with Crippen LogP contribution >= 0.6 is 0 Å². The zero-order valence-corrected chi connectivity index (χ0v) is 12.3. The summed E-state index contributed by atoms with van der Waals surface area (Å²) in [7, 11) is 0. The molecule has 5 nitrogen and oxygen atoms in total. The van der Waals surface area contributed by atoms with Gasteiger partial charge in [0, 0.05) is 38.2 Å². The van der Waals surface area contributed by atoms with E-state index >= 15 is 0 Å². The lowest BCUT2D eigenvalue weighted by molar-refractivity contribution is -0.130. The molecule has 1 atom stereocenters. The second-order valence-corrected chi connectivity index (χ2v) is 5.85. The lowest BCUT2D eigenvalue weighted by Gasteiger charge is -2.32. The molecule has 112 valence electrons. The van der Waals surface area contributed by atoms with Gasteiger partial charge in [-0.15, -0.1) is 0 Å². The van der Waals surface area contributed by atoms with Crippen LogP contribution in [0.1, 0.15) is 25.3 Å². The first-order valence-corrected chi connectivity index (χ1v) is 7.54. The Hall–Kier alpha value is -2.04. The Morgan fingerprint density at radius 2 is 1.95 bits per heavy atom. The highest BCUT2D eigenvalue weighted by molar-refractivity contribution is 5.87. The van der Waals surface area contributed by atoms with Crippen molar-refractivity contribution in [2.45, 2.75) is 38.3 Å². The molecule has 5 heteroatoms. The molecular formula is C16H21N3O2. The van der Waals surface area contributed by atoms with Crippen LogP contribution in [0.3, 0.4) is 0 Å². The van der Waals surface area contributed by atoms with Gasteiger partial charge in [0.2, 0.25) is 11.8 Å². The fourth-order valence-electron chi connectivity index (χ4n) is 3.10. The number of benzene rings is 1. The summed E-state index contributed by atoms with van der Waals surface area (Å²) in [5.41, 5.74) is 2.26. The molecule has 0 spiro atoms. The monoisotopic (exact) mass is 287 g/mol. The molecule has 1 aromatic carbocycles. The topological polar surface area (TPSA) is 61.4 Å². The molecule has 2 amide bonds. The van der Waals surface area contributed by atoms with E-state index in [-0.39, 0.29) is 23.9 Å². The Bertz CT molecular complexity index is 525. The van der Waals surface area contributed by atoms with Crippen molar-refractivity contribution >= 4 is 17.5 Å². The number of hydrogen-bond acceptors (Lipinski definition) is 3. The molecule has 1 fully saturated rings. The molecule has 1 aromatic rings. The zero-order valence-electron chi connectivity index (χ0n) is 12.3. The van der Waals surface area contributed by atoms with Crippen LogP contribution in [0.15, 0.2) is 24.3 Å². The molecule has 0 radical (unpaired) electrons. The highest BCUT2D eigenvalue weighted by atomic mass is 16.2. The van der Waals surface area contributed by atoms with Gasteiger partial charge in [0.25, 0.3) is 0 Å². The third-order valence-corrected chi connectivity index (χ3v) is 4.37. The summed E-state index contributed by atoms with van der Waals surface area (Å²) >= 11 is 0. The van der Waals surface area contributed by atoms with E-state index in [1.165, 1.54) is 5.56 Å². The number of carbonyl (C=O) groups is 2. The van der Waals surface area contributed by atoms with E-state index in [4.69, 9.17) is 0 Å². The molecule has 1 saturated heterocycles. The number of para-hydroxylation sites is 1. The van der Waals surface area contributed by atoms with Crippen molar-refractivity contribution in [3.8, 4) is 0 Å². The summed E-state index contributed by atoms with van der Waals surface area (Å²) in [4.78, 5) is 25.5. The number of carbonyl (C=O) groups excluding carboxylic acids is 2. The molecule has 0 unspecified atom stereocenters. The van der Waals surface area contributed by atoms with Crippen molar-refractivity contribution < 1.29 is 9.59 Å². The first-order valence-electron chi connectivity index (χ1n) is 7.54. The maximum Gasteiger partial charge on any atom is 0.243 e. The van der Waals surface area contributed by atoms with Crippen LogP contribution in [0, 0.1) is 0 Å². The number of rotatable bonds is 2. The van der Waals surface area contributed by atoms with E-state index in [0.717, 1.165) is 38.0 Å². The Morgan fingerprint density at radius 3 is 2.62 bits per heavy atom. The second-order valence-electron chi connectivity index (χ2n) is 5.85. The summed E-state index contributed by atoms with van der Waals surface area (Å²) in [5.74, 6) is 0.181. The summed E-state index contributed by atoms with van der Waals surface area (Å²) in [6.45, 7) is 3.07. The molecule has 0 bridgehead atoms. The van der Waals surface area contributed by atoms with Gasteiger partial charge >= 0.3 is 0 Å². The third-order valence-electron chi connectivity index (χ3n) is 4.37. The molecule has 0 aromatic heterocycles. The van der Waals surface area contributed by atoms with Crippen LogP contribution in [-0.2, 0) is 16.0 Å². The molecule has 2 aliphatic heterocycles. The number of amides is 2. The number of likely N-dealkylation sites (tertiary alicyclic amines) is 1. The maximum atomic E-state index is 12.3. The SMILES string of the molecule is CC(=O)N1CCC(NC(=O)[C@@H]2Cc3ccccc3N2)CC1. The van der Waals surface area contributed by atoms with Gasteiger partial charge in [-0.3, -0.25) is 9.59 Å². The summed E-state index contributed by atoms with van der Waals surface area (Å²) in [5, 5.41) is 6.39.